The molecule has 0 aliphatic heterocycles. The van der Waals surface area contributed by atoms with Gasteiger partial charge in [0, 0.05) is 6.54 Å². The van der Waals surface area contributed by atoms with Crippen molar-refractivity contribution in [1.29, 1.82) is 0 Å². The first-order chi connectivity index (χ1) is 6.57. The normalized spacial score (nSPS) is 12.9. The number of benzene rings is 1. The van der Waals surface area contributed by atoms with Gasteiger partial charge in [-0.15, -0.1) is 0 Å². The second-order valence-corrected chi connectivity index (χ2v) is 3.27. The summed E-state index contributed by atoms with van der Waals surface area (Å²) < 4.78 is 13.4. The van der Waals surface area contributed by atoms with Gasteiger partial charge < -0.3 is 15.5 Å². The van der Waals surface area contributed by atoms with Crippen molar-refractivity contribution in [3.63, 3.8) is 0 Å². The summed E-state index contributed by atoms with van der Waals surface area (Å²) in [6.45, 7) is 0.144. The highest BCUT2D eigenvalue weighted by atomic mass is 35.5. The van der Waals surface area contributed by atoms with Crippen LogP contribution in [0.3, 0.4) is 0 Å². The van der Waals surface area contributed by atoms with Crippen molar-refractivity contribution in [2.45, 2.75) is 6.10 Å². The third kappa shape index (κ3) is 2.15. The molecule has 14 heavy (non-hydrogen) atoms. The first-order valence-corrected chi connectivity index (χ1v) is 4.45. The van der Waals surface area contributed by atoms with E-state index in [0.29, 0.717) is 0 Å². The van der Waals surface area contributed by atoms with E-state index in [-0.39, 0.29) is 22.9 Å². The fourth-order valence-corrected chi connectivity index (χ4v) is 1.33. The first kappa shape index (κ1) is 11.2. The molecule has 1 aromatic rings. The zero-order chi connectivity index (χ0) is 10.7. The Kier molecular flexibility index (Phi) is 3.69. The average Bonchev–Trinajstić information content (AvgIpc) is 2.13. The van der Waals surface area contributed by atoms with Crippen LogP contribution in [0.15, 0.2) is 12.1 Å². The van der Waals surface area contributed by atoms with Crippen LogP contribution in [0.1, 0.15) is 11.7 Å². The molecule has 0 amide bonds. The smallest absolute Gasteiger partial charge is 0.151 e. The number of hydrogen-bond donors (Lipinski definition) is 3. The van der Waals surface area contributed by atoms with Crippen molar-refractivity contribution >= 4 is 11.6 Å². The Balaban J connectivity index is 3.11. The van der Waals surface area contributed by atoms with Gasteiger partial charge in [-0.05, 0) is 19.2 Å². The summed E-state index contributed by atoms with van der Waals surface area (Å²) in [6.07, 6.45) is -1.11. The largest absolute Gasteiger partial charge is 0.507 e. The van der Waals surface area contributed by atoms with E-state index >= 15 is 0 Å². The topological polar surface area (TPSA) is 52.5 Å². The van der Waals surface area contributed by atoms with Crippen LogP contribution in [0.2, 0.25) is 5.02 Å². The highest BCUT2D eigenvalue weighted by Crippen LogP contribution is 2.31. The lowest BCUT2D eigenvalue weighted by Crippen LogP contribution is -2.17. The van der Waals surface area contributed by atoms with Crippen molar-refractivity contribution in [3.8, 4) is 5.75 Å². The van der Waals surface area contributed by atoms with E-state index in [1.807, 2.05) is 0 Å². The molecule has 0 radical (unpaired) electrons. The van der Waals surface area contributed by atoms with Crippen LogP contribution in [0, 0.1) is 5.82 Å². The minimum absolute atomic E-state index is 0.118. The average molecular weight is 220 g/mol. The standard InChI is InChI=1S/C9H11ClFNO2/c1-12-4-7(14)8-6(13)3-2-5(10)9(8)11/h2-3,7,12-14H,4H2,1H3. The fourth-order valence-electron chi connectivity index (χ4n) is 1.17. The summed E-state index contributed by atoms with van der Waals surface area (Å²) in [5.74, 6) is -1.08. The van der Waals surface area contributed by atoms with Crippen LogP contribution in [-0.2, 0) is 0 Å². The number of nitrogens with one attached hydrogen (secondary N) is 1. The predicted octanol–water partition coefficient (Wildman–Crippen LogP) is 1.44. The van der Waals surface area contributed by atoms with E-state index in [1.165, 1.54) is 12.1 Å². The van der Waals surface area contributed by atoms with Crippen LogP contribution >= 0.6 is 11.6 Å². The molecule has 3 nitrogen and oxygen atoms in total. The lowest BCUT2D eigenvalue weighted by molar-refractivity contribution is 0.169. The van der Waals surface area contributed by atoms with Gasteiger partial charge in [0.2, 0.25) is 0 Å². The van der Waals surface area contributed by atoms with Crippen molar-refractivity contribution in [2.75, 3.05) is 13.6 Å². The number of aliphatic hydroxyl groups is 1. The molecule has 0 heterocycles. The number of halogens is 2. The minimum Gasteiger partial charge on any atom is -0.507 e. The highest BCUT2D eigenvalue weighted by molar-refractivity contribution is 6.30. The lowest BCUT2D eigenvalue weighted by atomic mass is 10.1. The molecule has 0 aromatic heterocycles. The molecule has 0 spiro atoms. The Labute approximate surface area is 86.1 Å². The number of aliphatic hydroxyl groups excluding tert-OH is 1. The van der Waals surface area contributed by atoms with E-state index in [2.05, 4.69) is 5.32 Å². The Hall–Kier alpha value is -0.840. The molecular weight excluding hydrogens is 209 g/mol. The Morgan fingerprint density at radius 3 is 2.79 bits per heavy atom. The third-order valence-electron chi connectivity index (χ3n) is 1.84. The molecular formula is C9H11ClFNO2. The molecule has 0 saturated heterocycles. The fraction of sp³-hybridized carbons (Fsp3) is 0.333. The van der Waals surface area contributed by atoms with Gasteiger partial charge >= 0.3 is 0 Å². The predicted molar refractivity (Wildman–Crippen MR) is 52.0 cm³/mol. The first-order valence-electron chi connectivity index (χ1n) is 4.07. The maximum Gasteiger partial charge on any atom is 0.151 e. The Bertz CT molecular complexity index is 333. The van der Waals surface area contributed by atoms with E-state index in [0.717, 1.165) is 0 Å². The molecule has 0 fully saturated rings. The van der Waals surface area contributed by atoms with Crippen LogP contribution < -0.4 is 5.32 Å². The number of hydrogen-bond acceptors (Lipinski definition) is 3. The summed E-state index contributed by atoms with van der Waals surface area (Å²) in [4.78, 5) is 0. The maximum absolute atomic E-state index is 13.4. The molecule has 1 rings (SSSR count). The SMILES string of the molecule is CNCC(O)c1c(O)ccc(Cl)c1F. The summed E-state index contributed by atoms with van der Waals surface area (Å²) in [7, 11) is 1.61. The van der Waals surface area contributed by atoms with Gasteiger partial charge in [0.25, 0.3) is 0 Å². The van der Waals surface area contributed by atoms with Gasteiger partial charge in [-0.1, -0.05) is 11.6 Å². The number of rotatable bonds is 3. The highest BCUT2D eigenvalue weighted by Gasteiger charge is 2.18. The minimum atomic E-state index is -1.11. The quantitative estimate of drug-likeness (QED) is 0.721. The van der Waals surface area contributed by atoms with E-state index in [1.54, 1.807) is 7.05 Å². The summed E-state index contributed by atoms with van der Waals surface area (Å²) >= 11 is 5.51. The molecule has 0 aliphatic rings. The molecule has 0 aliphatic carbocycles. The van der Waals surface area contributed by atoms with Gasteiger partial charge in [-0.3, -0.25) is 0 Å². The van der Waals surface area contributed by atoms with E-state index in [4.69, 9.17) is 11.6 Å². The third-order valence-corrected chi connectivity index (χ3v) is 2.13. The Morgan fingerprint density at radius 1 is 1.57 bits per heavy atom. The van der Waals surface area contributed by atoms with Crippen molar-refractivity contribution in [2.24, 2.45) is 0 Å². The van der Waals surface area contributed by atoms with Crippen molar-refractivity contribution in [3.05, 3.63) is 28.5 Å². The van der Waals surface area contributed by atoms with Crippen LogP contribution in [0.25, 0.3) is 0 Å². The lowest BCUT2D eigenvalue weighted by Gasteiger charge is -2.13. The molecule has 5 heteroatoms. The number of likely N-dealkylation sites (N-methyl/N-ethyl adjacent to an activating group) is 1. The summed E-state index contributed by atoms with van der Waals surface area (Å²) in [6, 6.07) is 2.49. The molecule has 1 aromatic carbocycles. The zero-order valence-electron chi connectivity index (χ0n) is 7.59. The van der Waals surface area contributed by atoms with Gasteiger partial charge in [-0.2, -0.15) is 0 Å². The van der Waals surface area contributed by atoms with Crippen molar-refractivity contribution in [1.82, 2.24) is 5.32 Å². The van der Waals surface area contributed by atoms with Gasteiger partial charge in [0.1, 0.15) is 5.75 Å². The maximum atomic E-state index is 13.4. The monoisotopic (exact) mass is 219 g/mol. The van der Waals surface area contributed by atoms with Crippen LogP contribution in [0.5, 0.6) is 5.75 Å². The van der Waals surface area contributed by atoms with Crippen LogP contribution in [0.4, 0.5) is 4.39 Å². The molecule has 0 bridgehead atoms. The van der Waals surface area contributed by atoms with Gasteiger partial charge in [0.05, 0.1) is 16.7 Å². The molecule has 0 saturated carbocycles. The zero-order valence-corrected chi connectivity index (χ0v) is 8.35. The molecule has 3 N–H and O–H groups in total. The molecule has 1 atom stereocenters. The van der Waals surface area contributed by atoms with Crippen molar-refractivity contribution < 1.29 is 14.6 Å². The Morgan fingerprint density at radius 2 is 2.21 bits per heavy atom. The van der Waals surface area contributed by atoms with E-state index in [9.17, 15) is 14.6 Å². The second kappa shape index (κ2) is 4.59. The number of phenols is 1. The number of phenolic OH excluding ortho intramolecular Hbond substituents is 1. The summed E-state index contributed by atoms with van der Waals surface area (Å²) in [5.41, 5.74) is -0.174. The van der Waals surface area contributed by atoms with Gasteiger partial charge in [-0.25, -0.2) is 4.39 Å². The van der Waals surface area contributed by atoms with Crippen LogP contribution in [-0.4, -0.2) is 23.8 Å². The second-order valence-electron chi connectivity index (χ2n) is 2.87. The van der Waals surface area contributed by atoms with E-state index < -0.39 is 11.9 Å². The summed E-state index contributed by atoms with van der Waals surface area (Å²) in [5, 5.41) is 21.4. The van der Waals surface area contributed by atoms with Gasteiger partial charge in [0.15, 0.2) is 5.82 Å². The number of aromatic hydroxyl groups is 1. The molecule has 78 valence electrons. The molecule has 1 unspecified atom stereocenters.